The first-order chi connectivity index (χ1) is 9.66. The second-order valence-electron chi connectivity index (χ2n) is 4.93. The van der Waals surface area contributed by atoms with E-state index in [0.717, 1.165) is 21.9 Å². The largest absolute Gasteiger partial charge is 0.399 e. The zero-order valence-corrected chi connectivity index (χ0v) is 11.3. The lowest BCUT2D eigenvalue weighted by Crippen LogP contribution is -2.05. The fourth-order valence-electron chi connectivity index (χ4n) is 2.51. The minimum atomic E-state index is 0.0410. The van der Waals surface area contributed by atoms with Gasteiger partial charge in [-0.3, -0.25) is 4.79 Å². The summed E-state index contributed by atoms with van der Waals surface area (Å²) in [6, 6.07) is 19.1. The Morgan fingerprint density at radius 3 is 2.45 bits per heavy atom. The number of rotatable bonds is 2. The molecular weight excluding hydrogens is 246 g/mol. The van der Waals surface area contributed by atoms with Gasteiger partial charge in [0.2, 0.25) is 0 Å². The SMILES string of the molecule is Cc1cc(N)ccc1C(=O)c1cccc2ccccc12. The van der Waals surface area contributed by atoms with Gasteiger partial charge in [0.25, 0.3) is 0 Å². The molecular formula is C18H15NO. The number of hydrogen-bond acceptors (Lipinski definition) is 2. The molecule has 0 heterocycles. The molecule has 3 aromatic carbocycles. The van der Waals surface area contributed by atoms with Crippen molar-refractivity contribution in [1.29, 1.82) is 0 Å². The highest BCUT2D eigenvalue weighted by Gasteiger charge is 2.14. The Labute approximate surface area is 117 Å². The molecule has 0 atom stereocenters. The van der Waals surface area contributed by atoms with Gasteiger partial charge < -0.3 is 5.73 Å². The molecule has 0 radical (unpaired) electrons. The van der Waals surface area contributed by atoms with Crippen molar-refractivity contribution >= 4 is 22.2 Å². The lowest BCUT2D eigenvalue weighted by atomic mass is 9.95. The van der Waals surface area contributed by atoms with E-state index < -0.39 is 0 Å². The van der Waals surface area contributed by atoms with Gasteiger partial charge in [0.05, 0.1) is 0 Å². The van der Waals surface area contributed by atoms with E-state index in [-0.39, 0.29) is 5.78 Å². The van der Waals surface area contributed by atoms with Crippen molar-refractivity contribution in [3.05, 3.63) is 77.4 Å². The van der Waals surface area contributed by atoms with Crippen LogP contribution in [-0.2, 0) is 0 Å². The smallest absolute Gasteiger partial charge is 0.193 e. The third kappa shape index (κ3) is 2.05. The number of fused-ring (bicyclic) bond motifs is 1. The molecule has 20 heavy (non-hydrogen) atoms. The predicted octanol–water partition coefficient (Wildman–Crippen LogP) is 3.96. The van der Waals surface area contributed by atoms with Crippen LogP contribution in [0.3, 0.4) is 0 Å². The summed E-state index contributed by atoms with van der Waals surface area (Å²) in [4.78, 5) is 12.8. The second kappa shape index (κ2) is 4.82. The molecule has 0 aliphatic heterocycles. The maximum Gasteiger partial charge on any atom is 0.193 e. The van der Waals surface area contributed by atoms with Crippen LogP contribution in [0, 0.1) is 6.92 Å². The van der Waals surface area contributed by atoms with Crippen LogP contribution in [0.15, 0.2) is 60.7 Å². The van der Waals surface area contributed by atoms with Gasteiger partial charge in [-0.2, -0.15) is 0 Å². The van der Waals surface area contributed by atoms with Crippen molar-refractivity contribution in [3.63, 3.8) is 0 Å². The molecule has 0 spiro atoms. The molecule has 0 fully saturated rings. The van der Waals surface area contributed by atoms with Gasteiger partial charge in [0.15, 0.2) is 5.78 Å². The molecule has 0 aliphatic carbocycles. The summed E-state index contributed by atoms with van der Waals surface area (Å²) >= 11 is 0. The molecule has 2 nitrogen and oxygen atoms in total. The Balaban J connectivity index is 2.18. The zero-order chi connectivity index (χ0) is 14.1. The lowest BCUT2D eigenvalue weighted by molar-refractivity contribution is 0.104. The number of carbonyl (C=O) groups excluding carboxylic acids is 1. The van der Waals surface area contributed by atoms with Gasteiger partial charge in [-0.05, 0) is 41.5 Å². The van der Waals surface area contributed by atoms with Gasteiger partial charge in [-0.25, -0.2) is 0 Å². The molecule has 0 bridgehead atoms. The number of benzene rings is 3. The molecule has 98 valence electrons. The molecule has 3 aromatic rings. The Morgan fingerprint density at radius 1 is 0.900 bits per heavy atom. The maximum absolute atomic E-state index is 12.8. The van der Waals surface area contributed by atoms with E-state index in [4.69, 9.17) is 5.73 Å². The standard InChI is InChI=1S/C18H15NO/c1-12-11-14(19)9-10-15(12)18(20)17-8-4-6-13-5-2-3-7-16(13)17/h2-11H,19H2,1H3. The van der Waals surface area contributed by atoms with E-state index in [0.29, 0.717) is 11.3 Å². The van der Waals surface area contributed by atoms with Crippen LogP contribution in [-0.4, -0.2) is 5.78 Å². The summed E-state index contributed by atoms with van der Waals surface area (Å²) in [6.07, 6.45) is 0. The molecule has 0 saturated carbocycles. The first-order valence-corrected chi connectivity index (χ1v) is 6.55. The van der Waals surface area contributed by atoms with E-state index in [1.807, 2.05) is 55.5 Å². The Bertz CT molecular complexity index is 800. The molecule has 0 amide bonds. The van der Waals surface area contributed by atoms with Crippen LogP contribution in [0.4, 0.5) is 5.69 Å². The Kier molecular flexibility index (Phi) is 2.99. The molecule has 2 N–H and O–H groups in total. The van der Waals surface area contributed by atoms with Crippen LogP contribution in [0.1, 0.15) is 21.5 Å². The van der Waals surface area contributed by atoms with Gasteiger partial charge in [-0.1, -0.05) is 42.5 Å². The van der Waals surface area contributed by atoms with Crippen molar-refractivity contribution in [2.24, 2.45) is 0 Å². The second-order valence-corrected chi connectivity index (χ2v) is 4.93. The number of aryl methyl sites for hydroxylation is 1. The summed E-state index contributed by atoms with van der Waals surface area (Å²) in [5.41, 5.74) is 8.77. The maximum atomic E-state index is 12.8. The topological polar surface area (TPSA) is 43.1 Å². The number of ketones is 1. The van der Waals surface area contributed by atoms with Crippen molar-refractivity contribution in [2.45, 2.75) is 6.92 Å². The minimum Gasteiger partial charge on any atom is -0.399 e. The average molecular weight is 261 g/mol. The zero-order valence-electron chi connectivity index (χ0n) is 11.3. The van der Waals surface area contributed by atoms with Crippen molar-refractivity contribution in [2.75, 3.05) is 5.73 Å². The number of anilines is 1. The number of nitrogens with two attached hydrogens (primary N) is 1. The lowest BCUT2D eigenvalue weighted by Gasteiger charge is -2.08. The molecule has 0 saturated heterocycles. The average Bonchev–Trinajstić information content (AvgIpc) is 2.46. The number of nitrogen functional groups attached to an aromatic ring is 1. The van der Waals surface area contributed by atoms with Crippen LogP contribution < -0.4 is 5.73 Å². The van der Waals surface area contributed by atoms with Gasteiger partial charge in [0, 0.05) is 16.8 Å². The molecule has 0 unspecified atom stereocenters. The summed E-state index contributed by atoms with van der Waals surface area (Å²) in [5.74, 6) is 0.0410. The van der Waals surface area contributed by atoms with Crippen molar-refractivity contribution in [1.82, 2.24) is 0 Å². The van der Waals surface area contributed by atoms with Crippen LogP contribution in [0.5, 0.6) is 0 Å². The molecule has 0 aromatic heterocycles. The van der Waals surface area contributed by atoms with E-state index >= 15 is 0 Å². The highest BCUT2D eigenvalue weighted by molar-refractivity contribution is 6.17. The van der Waals surface area contributed by atoms with Crippen LogP contribution in [0.25, 0.3) is 10.8 Å². The van der Waals surface area contributed by atoms with Crippen molar-refractivity contribution in [3.8, 4) is 0 Å². The first kappa shape index (κ1) is 12.4. The number of hydrogen-bond donors (Lipinski definition) is 1. The normalized spacial score (nSPS) is 10.7. The molecule has 0 aliphatic rings. The summed E-state index contributed by atoms with van der Waals surface area (Å²) in [6.45, 7) is 1.91. The highest BCUT2D eigenvalue weighted by atomic mass is 16.1. The Morgan fingerprint density at radius 2 is 1.65 bits per heavy atom. The summed E-state index contributed by atoms with van der Waals surface area (Å²) in [7, 11) is 0. The Hall–Kier alpha value is -2.61. The predicted molar refractivity (Wildman–Crippen MR) is 83.0 cm³/mol. The van der Waals surface area contributed by atoms with Gasteiger partial charge >= 0.3 is 0 Å². The number of carbonyl (C=O) groups is 1. The first-order valence-electron chi connectivity index (χ1n) is 6.55. The van der Waals surface area contributed by atoms with Crippen LogP contribution >= 0.6 is 0 Å². The minimum absolute atomic E-state index is 0.0410. The van der Waals surface area contributed by atoms with E-state index in [1.54, 1.807) is 12.1 Å². The molecule has 3 rings (SSSR count). The quantitative estimate of drug-likeness (QED) is 0.560. The fraction of sp³-hybridized carbons (Fsp3) is 0.0556. The van der Waals surface area contributed by atoms with E-state index in [1.165, 1.54) is 0 Å². The van der Waals surface area contributed by atoms with Crippen molar-refractivity contribution < 1.29 is 4.79 Å². The third-order valence-corrected chi connectivity index (χ3v) is 3.53. The van der Waals surface area contributed by atoms with Gasteiger partial charge in [-0.15, -0.1) is 0 Å². The van der Waals surface area contributed by atoms with E-state index in [2.05, 4.69) is 0 Å². The van der Waals surface area contributed by atoms with E-state index in [9.17, 15) is 4.79 Å². The third-order valence-electron chi connectivity index (χ3n) is 3.53. The highest BCUT2D eigenvalue weighted by Crippen LogP contribution is 2.23. The summed E-state index contributed by atoms with van der Waals surface area (Å²) in [5, 5.41) is 2.06. The monoisotopic (exact) mass is 261 g/mol. The fourth-order valence-corrected chi connectivity index (χ4v) is 2.51. The van der Waals surface area contributed by atoms with Crippen LogP contribution in [0.2, 0.25) is 0 Å². The molecule has 2 heteroatoms. The van der Waals surface area contributed by atoms with Gasteiger partial charge in [0.1, 0.15) is 0 Å². The summed E-state index contributed by atoms with van der Waals surface area (Å²) < 4.78 is 0.